The predicted octanol–water partition coefficient (Wildman–Crippen LogP) is 1.98. The van der Waals surface area contributed by atoms with Gasteiger partial charge in [0.05, 0.1) is 23.2 Å². The topological polar surface area (TPSA) is 89.2 Å². The molecule has 0 atom stereocenters. The van der Waals surface area contributed by atoms with E-state index in [-0.39, 0.29) is 5.03 Å². The van der Waals surface area contributed by atoms with E-state index in [2.05, 4.69) is 15.1 Å². The van der Waals surface area contributed by atoms with Crippen LogP contribution in [0, 0.1) is 6.92 Å². The van der Waals surface area contributed by atoms with Crippen LogP contribution in [0.2, 0.25) is 0 Å². The zero-order chi connectivity index (χ0) is 16.5. The summed E-state index contributed by atoms with van der Waals surface area (Å²) in [7, 11) is -1.60. The standard InChI is InChI=1S/C14H20N4O3S/c1-10-16-12(17-21-10)9-18(5)11-6-7-13(15-8-11)22(19,20)14(2,3)4/h6-8H,9H2,1-5H3. The first-order valence-corrected chi connectivity index (χ1v) is 8.30. The molecule has 0 saturated heterocycles. The molecule has 0 spiro atoms. The van der Waals surface area contributed by atoms with E-state index >= 15 is 0 Å². The predicted molar refractivity (Wildman–Crippen MR) is 82.3 cm³/mol. The third kappa shape index (κ3) is 3.27. The Bertz CT molecular complexity index is 745. The number of anilines is 1. The Morgan fingerprint density at radius 1 is 1.27 bits per heavy atom. The summed E-state index contributed by atoms with van der Waals surface area (Å²) in [5, 5.41) is 3.90. The summed E-state index contributed by atoms with van der Waals surface area (Å²) in [6, 6.07) is 3.24. The number of hydrogen-bond acceptors (Lipinski definition) is 7. The van der Waals surface area contributed by atoms with Gasteiger partial charge in [-0.05, 0) is 32.9 Å². The molecule has 0 fully saturated rings. The number of hydrogen-bond donors (Lipinski definition) is 0. The first-order chi connectivity index (χ1) is 10.1. The minimum Gasteiger partial charge on any atom is -0.366 e. The molecule has 0 saturated carbocycles. The smallest absolute Gasteiger partial charge is 0.223 e. The van der Waals surface area contributed by atoms with Crippen LogP contribution in [0.3, 0.4) is 0 Å². The Balaban J connectivity index is 2.18. The van der Waals surface area contributed by atoms with Crippen LogP contribution < -0.4 is 4.90 Å². The SMILES string of the molecule is Cc1nc(CN(C)c2ccc(S(=O)(=O)C(C)(C)C)nc2)no1. The number of pyridine rings is 1. The highest BCUT2D eigenvalue weighted by atomic mass is 32.2. The molecule has 0 radical (unpaired) electrons. The molecule has 2 aromatic heterocycles. The van der Waals surface area contributed by atoms with Crippen molar-refractivity contribution in [3.63, 3.8) is 0 Å². The summed E-state index contributed by atoms with van der Waals surface area (Å²) >= 11 is 0. The fourth-order valence-electron chi connectivity index (χ4n) is 1.78. The molecule has 0 aliphatic heterocycles. The van der Waals surface area contributed by atoms with Gasteiger partial charge in [-0.2, -0.15) is 4.98 Å². The molecule has 0 N–H and O–H groups in total. The Labute approximate surface area is 130 Å². The average Bonchev–Trinajstić information content (AvgIpc) is 2.83. The molecule has 120 valence electrons. The molecular formula is C14H20N4O3S. The van der Waals surface area contributed by atoms with Gasteiger partial charge in [-0.15, -0.1) is 0 Å². The van der Waals surface area contributed by atoms with Crippen molar-refractivity contribution in [1.29, 1.82) is 0 Å². The fourth-order valence-corrected chi connectivity index (χ4v) is 2.85. The number of aromatic nitrogens is 3. The van der Waals surface area contributed by atoms with E-state index in [0.29, 0.717) is 18.3 Å². The molecule has 0 unspecified atom stereocenters. The van der Waals surface area contributed by atoms with Crippen molar-refractivity contribution in [2.24, 2.45) is 0 Å². The Kier molecular flexibility index (Phi) is 4.23. The van der Waals surface area contributed by atoms with Crippen LogP contribution in [-0.4, -0.2) is 35.3 Å². The lowest BCUT2D eigenvalue weighted by Crippen LogP contribution is -2.28. The number of rotatable bonds is 4. The molecule has 22 heavy (non-hydrogen) atoms. The van der Waals surface area contributed by atoms with Crippen molar-refractivity contribution >= 4 is 15.5 Å². The van der Waals surface area contributed by atoms with Gasteiger partial charge < -0.3 is 9.42 Å². The van der Waals surface area contributed by atoms with Crippen LogP contribution in [0.4, 0.5) is 5.69 Å². The van der Waals surface area contributed by atoms with Crippen LogP contribution in [0.5, 0.6) is 0 Å². The van der Waals surface area contributed by atoms with E-state index in [1.807, 2.05) is 11.9 Å². The Morgan fingerprint density at radius 2 is 1.95 bits per heavy atom. The van der Waals surface area contributed by atoms with Crippen molar-refractivity contribution in [3.05, 3.63) is 30.0 Å². The lowest BCUT2D eigenvalue weighted by Gasteiger charge is -2.20. The molecule has 2 aromatic rings. The summed E-state index contributed by atoms with van der Waals surface area (Å²) in [4.78, 5) is 10.1. The van der Waals surface area contributed by atoms with Gasteiger partial charge in [0.2, 0.25) is 5.89 Å². The quantitative estimate of drug-likeness (QED) is 0.849. The van der Waals surface area contributed by atoms with E-state index in [9.17, 15) is 8.42 Å². The highest BCUT2D eigenvalue weighted by Gasteiger charge is 2.32. The van der Waals surface area contributed by atoms with E-state index in [1.54, 1.807) is 33.8 Å². The van der Waals surface area contributed by atoms with Crippen LogP contribution in [0.15, 0.2) is 27.9 Å². The van der Waals surface area contributed by atoms with E-state index in [4.69, 9.17) is 4.52 Å². The maximum atomic E-state index is 12.3. The minimum atomic E-state index is -3.44. The van der Waals surface area contributed by atoms with Crippen LogP contribution in [0.1, 0.15) is 32.5 Å². The van der Waals surface area contributed by atoms with Gasteiger partial charge in [0.15, 0.2) is 20.7 Å². The monoisotopic (exact) mass is 324 g/mol. The Hall–Kier alpha value is -1.96. The highest BCUT2D eigenvalue weighted by molar-refractivity contribution is 7.92. The summed E-state index contributed by atoms with van der Waals surface area (Å²) in [6.07, 6.45) is 1.53. The second-order valence-electron chi connectivity index (χ2n) is 6.06. The fraction of sp³-hybridized carbons (Fsp3) is 0.500. The van der Waals surface area contributed by atoms with Crippen molar-refractivity contribution in [1.82, 2.24) is 15.1 Å². The first kappa shape index (κ1) is 16.4. The largest absolute Gasteiger partial charge is 0.366 e. The summed E-state index contributed by atoms with van der Waals surface area (Å²) in [5.41, 5.74) is 0.773. The second kappa shape index (κ2) is 5.68. The molecule has 0 aromatic carbocycles. The molecule has 0 bridgehead atoms. The molecule has 2 rings (SSSR count). The molecular weight excluding hydrogens is 304 g/mol. The molecule has 0 aliphatic carbocycles. The van der Waals surface area contributed by atoms with Gasteiger partial charge in [0, 0.05) is 14.0 Å². The zero-order valence-corrected chi connectivity index (χ0v) is 14.2. The van der Waals surface area contributed by atoms with Gasteiger partial charge in [0.1, 0.15) is 0 Å². The lowest BCUT2D eigenvalue weighted by molar-refractivity contribution is 0.387. The molecule has 7 nitrogen and oxygen atoms in total. The Morgan fingerprint density at radius 3 is 2.41 bits per heavy atom. The van der Waals surface area contributed by atoms with Gasteiger partial charge in [0.25, 0.3) is 0 Å². The van der Waals surface area contributed by atoms with E-state index < -0.39 is 14.6 Å². The molecule has 0 amide bonds. The summed E-state index contributed by atoms with van der Waals surface area (Å²) in [6.45, 7) is 7.14. The van der Waals surface area contributed by atoms with Crippen molar-refractivity contribution in [2.45, 2.75) is 44.0 Å². The van der Waals surface area contributed by atoms with Crippen molar-refractivity contribution < 1.29 is 12.9 Å². The van der Waals surface area contributed by atoms with Gasteiger partial charge in [-0.1, -0.05) is 5.16 Å². The van der Waals surface area contributed by atoms with E-state index in [0.717, 1.165) is 5.69 Å². The maximum absolute atomic E-state index is 12.3. The van der Waals surface area contributed by atoms with Crippen molar-refractivity contribution in [2.75, 3.05) is 11.9 Å². The highest BCUT2D eigenvalue weighted by Crippen LogP contribution is 2.24. The molecule has 8 heteroatoms. The first-order valence-electron chi connectivity index (χ1n) is 6.82. The zero-order valence-electron chi connectivity index (χ0n) is 13.4. The normalized spacial score (nSPS) is 12.4. The van der Waals surface area contributed by atoms with E-state index in [1.165, 1.54) is 12.3 Å². The summed E-state index contributed by atoms with van der Waals surface area (Å²) < 4.78 is 28.7. The maximum Gasteiger partial charge on any atom is 0.223 e. The van der Waals surface area contributed by atoms with Crippen LogP contribution in [-0.2, 0) is 16.4 Å². The minimum absolute atomic E-state index is 0.0764. The lowest BCUT2D eigenvalue weighted by atomic mass is 10.3. The van der Waals surface area contributed by atoms with Crippen molar-refractivity contribution in [3.8, 4) is 0 Å². The number of aryl methyl sites for hydroxylation is 1. The third-order valence-electron chi connectivity index (χ3n) is 3.19. The average molecular weight is 324 g/mol. The molecule has 2 heterocycles. The van der Waals surface area contributed by atoms with Gasteiger partial charge in [-0.25, -0.2) is 13.4 Å². The van der Waals surface area contributed by atoms with Gasteiger partial charge in [-0.3, -0.25) is 0 Å². The summed E-state index contributed by atoms with van der Waals surface area (Å²) in [5.74, 6) is 1.07. The number of sulfone groups is 1. The number of nitrogens with zero attached hydrogens (tertiary/aromatic N) is 4. The second-order valence-corrected chi connectivity index (χ2v) is 8.71. The third-order valence-corrected chi connectivity index (χ3v) is 5.60. The van der Waals surface area contributed by atoms with Gasteiger partial charge >= 0.3 is 0 Å². The van der Waals surface area contributed by atoms with Crippen LogP contribution in [0.25, 0.3) is 0 Å². The molecule has 0 aliphatic rings. The van der Waals surface area contributed by atoms with Crippen LogP contribution >= 0.6 is 0 Å².